The van der Waals surface area contributed by atoms with Gasteiger partial charge in [0.1, 0.15) is 0 Å². The van der Waals surface area contributed by atoms with Gasteiger partial charge in [-0.15, -0.1) is 0 Å². The summed E-state index contributed by atoms with van der Waals surface area (Å²) in [4.78, 5) is 15.2. The van der Waals surface area contributed by atoms with E-state index in [-0.39, 0.29) is 10.6 Å². The molecular formula is C14H23N3O2. The maximum absolute atomic E-state index is 11.1. The molecule has 0 aliphatic heterocycles. The van der Waals surface area contributed by atoms with Crippen molar-refractivity contribution in [2.75, 3.05) is 7.05 Å². The highest BCUT2D eigenvalue weighted by molar-refractivity contribution is 5.47. The number of nitrogens with zero attached hydrogens (tertiary/aromatic N) is 2. The zero-order valence-corrected chi connectivity index (χ0v) is 12.4. The van der Waals surface area contributed by atoms with Crippen molar-refractivity contribution in [1.82, 2.24) is 10.3 Å². The minimum Gasteiger partial charge on any atom is -0.317 e. The molecule has 1 aromatic heterocycles. The highest BCUT2D eigenvalue weighted by Crippen LogP contribution is 2.26. The largest absolute Gasteiger partial charge is 0.317 e. The molecule has 2 atom stereocenters. The van der Waals surface area contributed by atoms with Crippen molar-refractivity contribution in [1.29, 1.82) is 0 Å². The number of aryl methyl sites for hydroxylation is 1. The molecule has 0 saturated carbocycles. The molecule has 0 aliphatic carbocycles. The number of pyridine rings is 1. The summed E-state index contributed by atoms with van der Waals surface area (Å²) < 4.78 is 0. The van der Waals surface area contributed by atoms with E-state index in [1.54, 1.807) is 20.0 Å². The second-order valence-corrected chi connectivity index (χ2v) is 5.10. The van der Waals surface area contributed by atoms with E-state index in [2.05, 4.69) is 24.1 Å². The molecule has 1 heterocycles. The molecule has 19 heavy (non-hydrogen) atoms. The fourth-order valence-electron chi connectivity index (χ4n) is 2.59. The smallest absolute Gasteiger partial charge is 0.278 e. The number of rotatable bonds is 6. The molecule has 0 spiro atoms. The van der Waals surface area contributed by atoms with Gasteiger partial charge in [-0.2, -0.15) is 0 Å². The van der Waals surface area contributed by atoms with E-state index in [1.807, 2.05) is 7.05 Å². The molecule has 0 fully saturated rings. The zero-order valence-electron chi connectivity index (χ0n) is 12.4. The number of nitro groups is 1. The second kappa shape index (κ2) is 6.61. The summed E-state index contributed by atoms with van der Waals surface area (Å²) in [5, 5.41) is 14.4. The summed E-state index contributed by atoms with van der Waals surface area (Å²) in [6, 6.07) is 0.404. The van der Waals surface area contributed by atoms with E-state index in [1.165, 1.54) is 0 Å². The molecule has 0 saturated heterocycles. The van der Waals surface area contributed by atoms with Crippen LogP contribution in [-0.4, -0.2) is 23.0 Å². The Morgan fingerprint density at radius 3 is 2.58 bits per heavy atom. The van der Waals surface area contributed by atoms with Crippen molar-refractivity contribution in [2.45, 2.75) is 46.6 Å². The second-order valence-electron chi connectivity index (χ2n) is 5.10. The minimum absolute atomic E-state index is 0.203. The predicted octanol–water partition coefficient (Wildman–Crippen LogP) is 2.78. The molecule has 1 aromatic rings. The van der Waals surface area contributed by atoms with E-state index in [0.29, 0.717) is 23.1 Å². The van der Waals surface area contributed by atoms with Crippen LogP contribution in [0.3, 0.4) is 0 Å². The highest BCUT2D eigenvalue weighted by atomic mass is 16.6. The molecule has 106 valence electrons. The van der Waals surface area contributed by atoms with Crippen LogP contribution < -0.4 is 5.32 Å². The van der Waals surface area contributed by atoms with Crippen LogP contribution >= 0.6 is 0 Å². The van der Waals surface area contributed by atoms with E-state index >= 15 is 0 Å². The summed E-state index contributed by atoms with van der Waals surface area (Å²) in [6.45, 7) is 7.81. The quantitative estimate of drug-likeness (QED) is 0.634. The van der Waals surface area contributed by atoms with Crippen molar-refractivity contribution >= 4 is 5.69 Å². The summed E-state index contributed by atoms with van der Waals surface area (Å²) >= 11 is 0. The van der Waals surface area contributed by atoms with Gasteiger partial charge in [-0.25, -0.2) is 0 Å². The van der Waals surface area contributed by atoms with Gasteiger partial charge in [0.25, 0.3) is 5.69 Å². The van der Waals surface area contributed by atoms with Gasteiger partial charge in [-0.05, 0) is 39.7 Å². The van der Waals surface area contributed by atoms with Crippen molar-refractivity contribution in [3.8, 4) is 0 Å². The molecule has 0 aliphatic rings. The van der Waals surface area contributed by atoms with Crippen LogP contribution in [0, 0.1) is 29.9 Å². The van der Waals surface area contributed by atoms with E-state index < -0.39 is 0 Å². The summed E-state index contributed by atoms with van der Waals surface area (Å²) in [5.41, 5.74) is 2.36. The predicted molar refractivity (Wildman–Crippen MR) is 76.4 cm³/mol. The van der Waals surface area contributed by atoms with Crippen LogP contribution in [-0.2, 0) is 6.42 Å². The molecule has 0 radical (unpaired) electrons. The van der Waals surface area contributed by atoms with Crippen LogP contribution in [0.15, 0.2) is 6.20 Å². The number of aromatic nitrogens is 1. The highest BCUT2D eigenvalue weighted by Gasteiger charge is 2.21. The molecule has 5 nitrogen and oxygen atoms in total. The number of hydrogen-bond donors (Lipinski definition) is 1. The Hall–Kier alpha value is -1.49. The van der Waals surface area contributed by atoms with E-state index in [9.17, 15) is 10.1 Å². The van der Waals surface area contributed by atoms with E-state index in [4.69, 9.17) is 0 Å². The number of nitrogens with one attached hydrogen (secondary N) is 1. The standard InChI is InChI=1S/C14H23N3O2/c1-6-12(15-5)9(2)7-13-11(4)14(17(18)19)10(3)8-16-13/h8-9,12,15H,6-7H2,1-5H3. The third kappa shape index (κ3) is 3.50. The van der Waals surface area contributed by atoms with Gasteiger partial charge in [0.15, 0.2) is 0 Å². The van der Waals surface area contributed by atoms with Crippen LogP contribution in [0.2, 0.25) is 0 Å². The monoisotopic (exact) mass is 265 g/mol. The van der Waals surface area contributed by atoms with Crippen molar-refractivity contribution in [3.05, 3.63) is 33.1 Å². The topological polar surface area (TPSA) is 68.1 Å². The molecular weight excluding hydrogens is 242 g/mol. The molecule has 0 aromatic carbocycles. The third-order valence-corrected chi connectivity index (χ3v) is 3.77. The van der Waals surface area contributed by atoms with Gasteiger partial charge in [0, 0.05) is 23.4 Å². The van der Waals surface area contributed by atoms with Gasteiger partial charge < -0.3 is 5.32 Å². The van der Waals surface area contributed by atoms with Gasteiger partial charge in [-0.3, -0.25) is 15.1 Å². The Morgan fingerprint density at radius 1 is 1.47 bits per heavy atom. The van der Waals surface area contributed by atoms with Crippen molar-refractivity contribution in [2.24, 2.45) is 5.92 Å². The van der Waals surface area contributed by atoms with Gasteiger partial charge >= 0.3 is 0 Å². The summed E-state index contributed by atoms with van der Waals surface area (Å²) in [6.07, 6.45) is 3.39. The van der Waals surface area contributed by atoms with Crippen LogP contribution in [0.5, 0.6) is 0 Å². The molecule has 2 unspecified atom stereocenters. The SMILES string of the molecule is CCC(NC)C(C)Cc1ncc(C)c([N+](=O)[O-])c1C. The normalized spacial score (nSPS) is 14.2. The lowest BCUT2D eigenvalue weighted by Gasteiger charge is -2.22. The molecule has 5 heteroatoms. The molecule has 0 bridgehead atoms. The fraction of sp³-hybridized carbons (Fsp3) is 0.643. The van der Waals surface area contributed by atoms with Crippen LogP contribution in [0.1, 0.15) is 37.1 Å². The average Bonchev–Trinajstić information content (AvgIpc) is 2.34. The third-order valence-electron chi connectivity index (χ3n) is 3.77. The van der Waals surface area contributed by atoms with Crippen molar-refractivity contribution < 1.29 is 4.92 Å². The average molecular weight is 265 g/mol. The summed E-state index contributed by atoms with van der Waals surface area (Å²) in [7, 11) is 1.95. The van der Waals surface area contributed by atoms with E-state index in [0.717, 1.165) is 18.5 Å². The maximum atomic E-state index is 11.1. The van der Waals surface area contributed by atoms with Gasteiger partial charge in [0.05, 0.1) is 10.6 Å². The van der Waals surface area contributed by atoms with Gasteiger partial charge in [-0.1, -0.05) is 13.8 Å². The van der Waals surface area contributed by atoms with Crippen molar-refractivity contribution in [3.63, 3.8) is 0 Å². The Balaban J connectivity index is 3.03. The Morgan fingerprint density at radius 2 is 2.11 bits per heavy atom. The lowest BCUT2D eigenvalue weighted by atomic mass is 9.92. The first-order valence-corrected chi connectivity index (χ1v) is 6.69. The first kappa shape index (κ1) is 15.6. The molecule has 1 rings (SSSR count). The summed E-state index contributed by atoms with van der Waals surface area (Å²) in [5.74, 6) is 0.392. The number of hydrogen-bond acceptors (Lipinski definition) is 4. The van der Waals surface area contributed by atoms with Crippen LogP contribution in [0.4, 0.5) is 5.69 Å². The minimum atomic E-state index is -0.310. The molecule has 0 amide bonds. The first-order valence-electron chi connectivity index (χ1n) is 6.69. The lowest BCUT2D eigenvalue weighted by molar-refractivity contribution is -0.386. The Bertz CT molecular complexity index is 456. The van der Waals surface area contributed by atoms with Crippen LogP contribution in [0.25, 0.3) is 0 Å². The maximum Gasteiger partial charge on any atom is 0.278 e. The van der Waals surface area contributed by atoms with Gasteiger partial charge in [0.2, 0.25) is 0 Å². The Labute approximate surface area is 114 Å². The first-order chi connectivity index (χ1) is 8.92. The lowest BCUT2D eigenvalue weighted by Crippen LogP contribution is -2.32. The Kier molecular flexibility index (Phi) is 5.42. The fourth-order valence-corrected chi connectivity index (χ4v) is 2.59. The molecule has 1 N–H and O–H groups in total. The zero-order chi connectivity index (χ0) is 14.6.